The fourth-order valence-corrected chi connectivity index (χ4v) is 2.81. The van der Waals surface area contributed by atoms with Gasteiger partial charge < -0.3 is 10.4 Å². The van der Waals surface area contributed by atoms with Crippen LogP contribution >= 0.6 is 0 Å². The number of amides is 1. The maximum atomic E-state index is 13.3. The molecule has 0 saturated heterocycles. The van der Waals surface area contributed by atoms with Crippen molar-refractivity contribution in [3.63, 3.8) is 0 Å². The number of rotatable bonds is 2. The lowest BCUT2D eigenvalue weighted by molar-refractivity contribution is 0.0857. The molecule has 2 aromatic carbocycles. The third kappa shape index (κ3) is 2.54. The zero-order chi connectivity index (χ0) is 15.0. The first-order chi connectivity index (χ1) is 10.1. The average molecular weight is 285 g/mol. The highest BCUT2D eigenvalue weighted by atomic mass is 19.1. The van der Waals surface area contributed by atoms with Crippen molar-refractivity contribution in [2.24, 2.45) is 0 Å². The fraction of sp³-hybridized carbons (Fsp3) is 0.235. The van der Waals surface area contributed by atoms with Crippen LogP contribution in [0.2, 0.25) is 0 Å². The van der Waals surface area contributed by atoms with Crippen molar-refractivity contribution in [2.75, 3.05) is 0 Å². The second kappa shape index (κ2) is 5.30. The molecule has 21 heavy (non-hydrogen) atoms. The van der Waals surface area contributed by atoms with Crippen molar-refractivity contribution >= 4 is 5.91 Å². The van der Waals surface area contributed by atoms with Gasteiger partial charge in [0.15, 0.2) is 0 Å². The molecule has 1 aliphatic rings. The summed E-state index contributed by atoms with van der Waals surface area (Å²) in [6.45, 7) is 1.76. The summed E-state index contributed by atoms with van der Waals surface area (Å²) >= 11 is 0. The number of fused-ring (bicyclic) bond motifs is 1. The van der Waals surface area contributed by atoms with Crippen LogP contribution in [0.1, 0.15) is 33.1 Å². The number of carbonyl (C=O) groups is 1. The highest BCUT2D eigenvalue weighted by molar-refractivity contribution is 5.96. The van der Waals surface area contributed by atoms with E-state index in [4.69, 9.17) is 0 Å². The second-order valence-corrected chi connectivity index (χ2v) is 5.38. The number of halogens is 1. The first-order valence-electron chi connectivity index (χ1n) is 6.89. The summed E-state index contributed by atoms with van der Waals surface area (Å²) < 4.78 is 13.3. The highest BCUT2D eigenvalue weighted by Gasteiger charge is 2.32. The van der Waals surface area contributed by atoms with Crippen molar-refractivity contribution in [1.29, 1.82) is 0 Å². The van der Waals surface area contributed by atoms with Gasteiger partial charge in [-0.05, 0) is 35.7 Å². The van der Waals surface area contributed by atoms with E-state index in [9.17, 15) is 14.3 Å². The van der Waals surface area contributed by atoms with Gasteiger partial charge in [0.05, 0.1) is 12.1 Å². The summed E-state index contributed by atoms with van der Waals surface area (Å²) in [5.41, 5.74) is 2.96. The van der Waals surface area contributed by atoms with Gasteiger partial charge in [0, 0.05) is 12.0 Å². The zero-order valence-electron chi connectivity index (χ0n) is 11.6. The summed E-state index contributed by atoms with van der Waals surface area (Å²) in [5, 5.41) is 13.0. The molecule has 0 radical (unpaired) electrons. The van der Waals surface area contributed by atoms with Gasteiger partial charge >= 0.3 is 0 Å². The minimum atomic E-state index is -0.653. The SMILES string of the molecule is Cc1ccc(F)cc1C(=O)N[C@H]1c2ccccc2C[C@H]1O. The van der Waals surface area contributed by atoms with E-state index < -0.39 is 18.0 Å². The van der Waals surface area contributed by atoms with E-state index in [-0.39, 0.29) is 5.91 Å². The lowest BCUT2D eigenvalue weighted by Crippen LogP contribution is -2.34. The lowest BCUT2D eigenvalue weighted by atomic mass is 10.0. The van der Waals surface area contributed by atoms with Crippen LogP contribution in [0.4, 0.5) is 4.39 Å². The summed E-state index contributed by atoms with van der Waals surface area (Å²) in [4.78, 5) is 12.3. The van der Waals surface area contributed by atoms with Gasteiger partial charge in [-0.1, -0.05) is 30.3 Å². The zero-order valence-corrected chi connectivity index (χ0v) is 11.6. The molecule has 0 saturated carbocycles. The Hall–Kier alpha value is -2.20. The normalized spacial score (nSPS) is 20.1. The number of aliphatic hydroxyl groups is 1. The third-order valence-electron chi connectivity index (χ3n) is 3.93. The molecule has 0 heterocycles. The summed E-state index contributed by atoms with van der Waals surface area (Å²) in [6, 6.07) is 11.3. The molecule has 0 bridgehead atoms. The van der Waals surface area contributed by atoms with Crippen LogP contribution in [0.3, 0.4) is 0 Å². The van der Waals surface area contributed by atoms with E-state index >= 15 is 0 Å². The van der Waals surface area contributed by atoms with Gasteiger partial charge in [0.25, 0.3) is 5.91 Å². The van der Waals surface area contributed by atoms with E-state index in [1.54, 1.807) is 13.0 Å². The Morgan fingerprint density at radius 3 is 2.86 bits per heavy atom. The molecule has 3 nitrogen and oxygen atoms in total. The fourth-order valence-electron chi connectivity index (χ4n) is 2.81. The van der Waals surface area contributed by atoms with Crippen LogP contribution in [0.15, 0.2) is 42.5 Å². The molecule has 108 valence electrons. The predicted molar refractivity (Wildman–Crippen MR) is 77.5 cm³/mol. The molecule has 1 amide bonds. The first-order valence-corrected chi connectivity index (χ1v) is 6.89. The molecule has 0 spiro atoms. The monoisotopic (exact) mass is 285 g/mol. The van der Waals surface area contributed by atoms with Gasteiger partial charge in [0.1, 0.15) is 5.82 Å². The number of carbonyl (C=O) groups excluding carboxylic acids is 1. The molecule has 0 fully saturated rings. The van der Waals surface area contributed by atoms with Crippen molar-refractivity contribution in [3.8, 4) is 0 Å². The number of aryl methyl sites for hydroxylation is 1. The van der Waals surface area contributed by atoms with Crippen molar-refractivity contribution in [1.82, 2.24) is 5.32 Å². The summed E-state index contributed by atoms with van der Waals surface area (Å²) in [7, 11) is 0. The Labute approximate surface area is 122 Å². The molecule has 1 aliphatic carbocycles. The largest absolute Gasteiger partial charge is 0.390 e. The van der Waals surface area contributed by atoms with Crippen LogP contribution in [-0.4, -0.2) is 17.1 Å². The van der Waals surface area contributed by atoms with Gasteiger partial charge in [-0.25, -0.2) is 4.39 Å². The molecular formula is C17H16FNO2. The van der Waals surface area contributed by atoms with Crippen LogP contribution in [0, 0.1) is 12.7 Å². The van der Waals surface area contributed by atoms with Crippen molar-refractivity contribution < 1.29 is 14.3 Å². The Balaban J connectivity index is 1.87. The first kappa shape index (κ1) is 13.8. The Morgan fingerprint density at radius 1 is 1.29 bits per heavy atom. The molecule has 2 aromatic rings. The van der Waals surface area contributed by atoms with E-state index in [1.807, 2.05) is 24.3 Å². The van der Waals surface area contributed by atoms with Crippen molar-refractivity contribution in [3.05, 3.63) is 70.5 Å². The third-order valence-corrected chi connectivity index (χ3v) is 3.93. The standard InChI is InChI=1S/C17H16FNO2/c1-10-6-7-12(18)9-14(10)17(21)19-16-13-5-3-2-4-11(13)8-15(16)20/h2-7,9,15-16,20H,8H2,1H3,(H,19,21)/t15-,16+/m1/s1. The minimum Gasteiger partial charge on any atom is -0.390 e. The van der Waals surface area contributed by atoms with Gasteiger partial charge in [-0.15, -0.1) is 0 Å². The Kier molecular flexibility index (Phi) is 3.47. The molecule has 0 aliphatic heterocycles. The van der Waals surface area contributed by atoms with Crippen LogP contribution in [0.25, 0.3) is 0 Å². The molecule has 3 rings (SSSR count). The Bertz CT molecular complexity index is 699. The van der Waals surface area contributed by atoms with E-state index in [0.29, 0.717) is 17.5 Å². The number of hydrogen-bond donors (Lipinski definition) is 2. The molecular weight excluding hydrogens is 269 g/mol. The van der Waals surface area contributed by atoms with Crippen LogP contribution in [-0.2, 0) is 6.42 Å². The summed E-state index contributed by atoms with van der Waals surface area (Å²) in [5.74, 6) is -0.814. The number of benzene rings is 2. The van der Waals surface area contributed by atoms with Gasteiger partial charge in [-0.3, -0.25) is 4.79 Å². The van der Waals surface area contributed by atoms with Gasteiger partial charge in [0.2, 0.25) is 0 Å². The molecule has 2 atom stereocenters. The molecule has 2 N–H and O–H groups in total. The topological polar surface area (TPSA) is 49.3 Å². The van der Waals surface area contributed by atoms with Crippen LogP contribution < -0.4 is 5.32 Å². The molecule has 4 heteroatoms. The maximum Gasteiger partial charge on any atom is 0.252 e. The van der Waals surface area contributed by atoms with E-state index in [0.717, 1.165) is 11.1 Å². The van der Waals surface area contributed by atoms with Gasteiger partial charge in [-0.2, -0.15) is 0 Å². The predicted octanol–water partition coefficient (Wildman–Crippen LogP) is 2.52. The summed E-state index contributed by atoms with van der Waals surface area (Å²) in [6.07, 6.45) is -0.135. The smallest absolute Gasteiger partial charge is 0.252 e. The lowest BCUT2D eigenvalue weighted by Gasteiger charge is -2.18. The quantitative estimate of drug-likeness (QED) is 0.890. The number of hydrogen-bond acceptors (Lipinski definition) is 2. The van der Waals surface area contributed by atoms with E-state index in [1.165, 1.54) is 12.1 Å². The van der Waals surface area contributed by atoms with Crippen molar-refractivity contribution in [2.45, 2.75) is 25.5 Å². The number of aliphatic hydroxyl groups excluding tert-OH is 1. The average Bonchev–Trinajstić information content (AvgIpc) is 2.78. The maximum absolute atomic E-state index is 13.3. The Morgan fingerprint density at radius 2 is 2.05 bits per heavy atom. The van der Waals surface area contributed by atoms with E-state index in [2.05, 4.69) is 5.32 Å². The van der Waals surface area contributed by atoms with Crippen LogP contribution in [0.5, 0.6) is 0 Å². The molecule has 0 unspecified atom stereocenters. The number of nitrogens with one attached hydrogen (secondary N) is 1. The second-order valence-electron chi connectivity index (χ2n) is 5.38. The highest BCUT2D eigenvalue weighted by Crippen LogP contribution is 2.31. The minimum absolute atomic E-state index is 0.298. The molecule has 0 aromatic heterocycles.